The number of urea groups is 1. The van der Waals surface area contributed by atoms with Gasteiger partial charge in [0.25, 0.3) is 5.91 Å². The number of rotatable bonds is 4. The lowest BCUT2D eigenvalue weighted by molar-refractivity contribution is -0.122. The molecule has 3 rings (SSSR count). The third kappa shape index (κ3) is 3.72. The second-order valence-corrected chi connectivity index (χ2v) is 8.94. The summed E-state index contributed by atoms with van der Waals surface area (Å²) in [4.78, 5) is 23.2. The van der Waals surface area contributed by atoms with E-state index in [4.69, 9.17) is 5.26 Å². The third-order valence-electron chi connectivity index (χ3n) is 4.87. The average Bonchev–Trinajstić information content (AvgIpc) is 2.85. The summed E-state index contributed by atoms with van der Waals surface area (Å²) in [6, 6.07) is 6.99. The van der Waals surface area contributed by atoms with Gasteiger partial charge in [-0.1, -0.05) is 18.2 Å². The Morgan fingerprint density at radius 1 is 1.33 bits per heavy atom. The number of hydrogen-bond donors (Lipinski definition) is 2. The minimum atomic E-state index is -3.74. The van der Waals surface area contributed by atoms with E-state index in [1.807, 2.05) is 25.1 Å². The van der Waals surface area contributed by atoms with Gasteiger partial charge in [0.15, 0.2) is 0 Å². The Balaban J connectivity index is 1.74. The zero-order valence-corrected chi connectivity index (χ0v) is 15.9. The van der Waals surface area contributed by atoms with E-state index in [1.165, 1.54) is 11.2 Å². The maximum absolute atomic E-state index is 12.7. The first-order valence-corrected chi connectivity index (χ1v) is 10.1. The Morgan fingerprint density at radius 2 is 2.07 bits per heavy atom. The molecule has 1 fully saturated rings. The predicted octanol–water partition coefficient (Wildman–Crippen LogP) is 0.884. The minimum absolute atomic E-state index is 0.197. The molecule has 2 N–H and O–H groups in total. The number of aryl methyl sites for hydroxylation is 1. The first-order valence-electron chi connectivity index (χ1n) is 8.46. The number of sulfonamides is 1. The number of carbonyl (C=O) groups excluding carboxylic acids is 2. The first-order chi connectivity index (χ1) is 12.6. The van der Waals surface area contributed by atoms with Gasteiger partial charge in [0.1, 0.15) is 5.54 Å². The molecule has 0 aliphatic carbocycles. The van der Waals surface area contributed by atoms with Crippen LogP contribution in [-0.4, -0.2) is 49.0 Å². The number of nitrogens with one attached hydrogen (secondary N) is 2. The molecule has 8 nitrogen and oxygen atoms in total. The van der Waals surface area contributed by atoms with E-state index in [-0.39, 0.29) is 6.54 Å². The zero-order chi connectivity index (χ0) is 19.8. The van der Waals surface area contributed by atoms with E-state index < -0.39 is 33.3 Å². The van der Waals surface area contributed by atoms with Crippen molar-refractivity contribution in [3.05, 3.63) is 41.0 Å². The lowest BCUT2D eigenvalue weighted by Gasteiger charge is -2.29. The number of nitriles is 1. The van der Waals surface area contributed by atoms with Gasteiger partial charge >= 0.3 is 6.03 Å². The second-order valence-electron chi connectivity index (χ2n) is 6.98. The van der Waals surface area contributed by atoms with E-state index in [9.17, 15) is 18.0 Å². The van der Waals surface area contributed by atoms with Crippen LogP contribution >= 0.6 is 0 Å². The van der Waals surface area contributed by atoms with Gasteiger partial charge in [-0.3, -0.25) is 10.1 Å². The van der Waals surface area contributed by atoms with Crippen LogP contribution in [0.2, 0.25) is 0 Å². The van der Waals surface area contributed by atoms with Crippen molar-refractivity contribution in [3.8, 4) is 6.07 Å². The Morgan fingerprint density at radius 3 is 2.59 bits per heavy atom. The highest BCUT2D eigenvalue weighted by Crippen LogP contribution is 2.26. The van der Waals surface area contributed by atoms with Gasteiger partial charge in [0, 0.05) is 13.1 Å². The number of benzene rings is 1. The van der Waals surface area contributed by atoms with Crippen LogP contribution in [0.5, 0.6) is 0 Å². The van der Waals surface area contributed by atoms with Gasteiger partial charge in [-0.25, -0.2) is 13.2 Å². The fourth-order valence-electron chi connectivity index (χ4n) is 3.29. The Hall–Kier alpha value is -2.70. The molecule has 1 aromatic carbocycles. The maximum Gasteiger partial charge on any atom is 0.322 e. The third-order valence-corrected chi connectivity index (χ3v) is 6.93. The summed E-state index contributed by atoms with van der Waals surface area (Å²) >= 11 is 0. The molecule has 0 unspecified atom stereocenters. The Kier molecular flexibility index (Phi) is 4.80. The number of nitrogens with zero attached hydrogens (tertiary/aromatic N) is 2. The van der Waals surface area contributed by atoms with Gasteiger partial charge in [0.2, 0.25) is 10.0 Å². The number of amides is 3. The van der Waals surface area contributed by atoms with Crippen molar-refractivity contribution in [2.45, 2.75) is 25.8 Å². The molecular formula is C18H20N4O4S. The molecule has 9 heteroatoms. The van der Waals surface area contributed by atoms with E-state index in [1.54, 1.807) is 6.07 Å². The predicted molar refractivity (Wildman–Crippen MR) is 98.9 cm³/mol. The standard InChI is InChI=1S/C18H20N4O4S/c1-12-9-14(3-4-15(12)10-19)13-5-7-22(8-6-13)27(25,26)11-18(2)16(23)20-17(24)21-18/h3-5,9H,6-8,11H2,1-2H3,(H2,20,21,23,24)/t18-/m0/s1. The molecule has 1 aromatic rings. The molecule has 1 atom stereocenters. The molecule has 1 saturated heterocycles. The molecule has 3 amide bonds. The van der Waals surface area contributed by atoms with E-state index in [0.717, 1.165) is 16.7 Å². The smallest absolute Gasteiger partial charge is 0.322 e. The first kappa shape index (κ1) is 19.1. The summed E-state index contributed by atoms with van der Waals surface area (Å²) < 4.78 is 26.7. The molecule has 2 aliphatic heterocycles. The van der Waals surface area contributed by atoms with Crippen molar-refractivity contribution < 1.29 is 18.0 Å². The van der Waals surface area contributed by atoms with Gasteiger partial charge in [-0.15, -0.1) is 0 Å². The largest absolute Gasteiger partial charge is 0.322 e. The molecule has 0 radical (unpaired) electrons. The average molecular weight is 388 g/mol. The van der Waals surface area contributed by atoms with E-state index >= 15 is 0 Å². The minimum Gasteiger partial charge on any atom is -0.322 e. The number of carbonyl (C=O) groups is 2. The van der Waals surface area contributed by atoms with Crippen molar-refractivity contribution in [3.63, 3.8) is 0 Å². The normalized spacial score (nSPS) is 23.4. The SMILES string of the molecule is Cc1cc(C2=CCN(S(=O)(=O)C[C@]3(C)NC(=O)NC3=O)CC2)ccc1C#N. The molecule has 27 heavy (non-hydrogen) atoms. The fourth-order valence-corrected chi connectivity index (χ4v) is 5.08. The van der Waals surface area contributed by atoms with Gasteiger partial charge in [-0.05, 0) is 43.0 Å². The highest BCUT2D eigenvalue weighted by molar-refractivity contribution is 7.89. The Labute approximate surface area is 157 Å². The summed E-state index contributed by atoms with van der Waals surface area (Å²) in [5.41, 5.74) is 2.01. The molecule has 2 heterocycles. The summed E-state index contributed by atoms with van der Waals surface area (Å²) in [5.74, 6) is -1.13. The quantitative estimate of drug-likeness (QED) is 0.742. The Bertz CT molecular complexity index is 993. The van der Waals surface area contributed by atoms with Crippen LogP contribution in [0, 0.1) is 18.3 Å². The van der Waals surface area contributed by atoms with Gasteiger partial charge in [-0.2, -0.15) is 9.57 Å². The van der Waals surface area contributed by atoms with E-state index in [2.05, 4.69) is 16.7 Å². The molecule has 0 aromatic heterocycles. The maximum atomic E-state index is 12.7. The van der Waals surface area contributed by atoms with Gasteiger partial charge in [0.05, 0.1) is 17.4 Å². The molecule has 0 spiro atoms. The lowest BCUT2D eigenvalue weighted by atomic mass is 9.97. The van der Waals surface area contributed by atoms with Crippen molar-refractivity contribution in [2.75, 3.05) is 18.8 Å². The van der Waals surface area contributed by atoms with Crippen molar-refractivity contribution >= 4 is 27.5 Å². The zero-order valence-electron chi connectivity index (χ0n) is 15.1. The number of hydrogen-bond acceptors (Lipinski definition) is 5. The molecule has 2 aliphatic rings. The fraction of sp³-hybridized carbons (Fsp3) is 0.389. The molecular weight excluding hydrogens is 368 g/mol. The van der Waals surface area contributed by atoms with Crippen molar-refractivity contribution in [1.29, 1.82) is 5.26 Å². The van der Waals surface area contributed by atoms with Crippen LogP contribution in [0.3, 0.4) is 0 Å². The highest BCUT2D eigenvalue weighted by atomic mass is 32.2. The monoisotopic (exact) mass is 388 g/mol. The van der Waals surface area contributed by atoms with E-state index in [0.29, 0.717) is 18.5 Å². The molecule has 0 saturated carbocycles. The molecule has 0 bridgehead atoms. The lowest BCUT2D eigenvalue weighted by Crippen LogP contribution is -2.52. The van der Waals surface area contributed by atoms with Crippen LogP contribution in [0.4, 0.5) is 4.79 Å². The summed E-state index contributed by atoms with van der Waals surface area (Å²) in [5, 5.41) is 13.5. The van der Waals surface area contributed by atoms with Crippen LogP contribution in [0.15, 0.2) is 24.3 Å². The highest BCUT2D eigenvalue weighted by Gasteiger charge is 2.46. The molecule has 142 valence electrons. The van der Waals surface area contributed by atoms with Crippen molar-refractivity contribution in [1.82, 2.24) is 14.9 Å². The summed E-state index contributed by atoms with van der Waals surface area (Å²) in [6.45, 7) is 3.75. The second kappa shape index (κ2) is 6.79. The van der Waals surface area contributed by atoms with Crippen molar-refractivity contribution in [2.24, 2.45) is 0 Å². The van der Waals surface area contributed by atoms with Crippen LogP contribution < -0.4 is 10.6 Å². The summed E-state index contributed by atoms with van der Waals surface area (Å²) in [7, 11) is -3.74. The van der Waals surface area contributed by atoms with Crippen LogP contribution in [-0.2, 0) is 14.8 Å². The van der Waals surface area contributed by atoms with Crippen LogP contribution in [0.1, 0.15) is 30.0 Å². The summed E-state index contributed by atoms with van der Waals surface area (Å²) in [6.07, 6.45) is 2.37. The topological polar surface area (TPSA) is 119 Å². The van der Waals surface area contributed by atoms with Gasteiger partial charge < -0.3 is 5.32 Å². The van der Waals surface area contributed by atoms with Crippen LogP contribution in [0.25, 0.3) is 5.57 Å². The number of imide groups is 1.